The lowest BCUT2D eigenvalue weighted by molar-refractivity contribution is -0.299. The molecule has 3 aromatic rings. The van der Waals surface area contributed by atoms with E-state index in [1.54, 1.807) is 14.2 Å². The maximum atomic E-state index is 7.19. The van der Waals surface area contributed by atoms with Crippen molar-refractivity contribution in [3.8, 4) is 5.75 Å². The predicted octanol–water partition coefficient (Wildman–Crippen LogP) is 14.3. The van der Waals surface area contributed by atoms with E-state index in [1.165, 1.54) is 11.1 Å². The van der Waals surface area contributed by atoms with Gasteiger partial charge in [-0.15, -0.1) is 0 Å². The second kappa shape index (κ2) is 29.9. The fourth-order valence-electron chi connectivity index (χ4n) is 9.35. The molecule has 3 aromatic carbocycles. The maximum Gasteiger partial charge on any atom is 0.264 e. The molecule has 1 heterocycles. The molecule has 0 radical (unpaired) electrons. The topological polar surface area (TPSA) is 92.3 Å². The summed E-state index contributed by atoms with van der Waals surface area (Å²) in [7, 11) is -1.06. The summed E-state index contributed by atoms with van der Waals surface area (Å²) in [6, 6.07) is 28.5. The van der Waals surface area contributed by atoms with Crippen LogP contribution in [0.4, 0.5) is 0 Å². The first kappa shape index (κ1) is 58.3. The molecular weight excluding hydrogens is 901 g/mol. The summed E-state index contributed by atoms with van der Waals surface area (Å²) in [6.07, 6.45) is 6.10. The number of hydrogen-bond acceptors (Lipinski definition) is 10. The number of benzene rings is 3. The molecule has 10 nitrogen and oxygen atoms in total. The van der Waals surface area contributed by atoms with Crippen LogP contribution in [-0.4, -0.2) is 81.9 Å². The minimum Gasteiger partial charge on any atom is -0.520 e. The smallest absolute Gasteiger partial charge is 0.264 e. The minimum atomic E-state index is -2.24. The second-order valence-electron chi connectivity index (χ2n) is 20.8. The quantitative estimate of drug-likeness (QED) is 0.0198. The molecule has 69 heavy (non-hydrogen) atoms. The lowest BCUT2D eigenvalue weighted by Crippen LogP contribution is -2.54. The van der Waals surface area contributed by atoms with E-state index in [0.29, 0.717) is 73.9 Å². The first-order valence-corrected chi connectivity index (χ1v) is 31.2. The van der Waals surface area contributed by atoms with Crippen molar-refractivity contribution < 1.29 is 46.7 Å². The number of ether oxygens (including phenoxy) is 8. The van der Waals surface area contributed by atoms with Crippen molar-refractivity contribution in [3.05, 3.63) is 125 Å². The summed E-state index contributed by atoms with van der Waals surface area (Å²) in [4.78, 5) is 0. The van der Waals surface area contributed by atoms with Gasteiger partial charge in [0.05, 0.1) is 26.9 Å². The Labute approximate surface area is 420 Å². The number of allylic oxidation sites excluding steroid dienone is 1. The summed E-state index contributed by atoms with van der Waals surface area (Å²) < 4.78 is 64.6. The Morgan fingerprint density at radius 1 is 0.725 bits per heavy atom. The van der Waals surface area contributed by atoms with E-state index >= 15 is 0 Å². The summed E-state index contributed by atoms with van der Waals surface area (Å²) in [5, 5.41) is 0. The minimum absolute atomic E-state index is 0.0871. The van der Waals surface area contributed by atoms with Gasteiger partial charge in [0, 0.05) is 31.5 Å². The molecule has 0 aromatic heterocycles. The largest absolute Gasteiger partial charge is 0.520 e. The third-order valence-corrected chi connectivity index (χ3v) is 20.1. The van der Waals surface area contributed by atoms with Crippen LogP contribution < -0.4 is 4.74 Å². The molecule has 12 heteroatoms. The van der Waals surface area contributed by atoms with Gasteiger partial charge in [0.2, 0.25) is 8.32 Å². The van der Waals surface area contributed by atoms with Crippen molar-refractivity contribution in [3.63, 3.8) is 0 Å². The Kier molecular flexibility index (Phi) is 25.2. The molecule has 386 valence electrons. The Morgan fingerprint density at radius 3 is 1.94 bits per heavy atom. The van der Waals surface area contributed by atoms with Gasteiger partial charge in [-0.05, 0) is 110 Å². The zero-order chi connectivity index (χ0) is 50.4. The van der Waals surface area contributed by atoms with Crippen LogP contribution in [0.2, 0.25) is 36.3 Å². The van der Waals surface area contributed by atoms with Crippen LogP contribution in [0.1, 0.15) is 117 Å². The van der Waals surface area contributed by atoms with Crippen molar-refractivity contribution in [1.29, 1.82) is 0 Å². The lowest BCUT2D eigenvalue weighted by atomic mass is 9.88. The first-order chi connectivity index (χ1) is 33.0. The molecule has 0 aliphatic carbocycles. The van der Waals surface area contributed by atoms with Gasteiger partial charge < -0.3 is 46.7 Å². The van der Waals surface area contributed by atoms with Crippen molar-refractivity contribution in [1.82, 2.24) is 0 Å². The van der Waals surface area contributed by atoms with Crippen LogP contribution in [0.25, 0.3) is 0 Å². The van der Waals surface area contributed by atoms with Gasteiger partial charge in [0.1, 0.15) is 37.0 Å². The van der Waals surface area contributed by atoms with Crippen LogP contribution >= 0.6 is 0 Å². The van der Waals surface area contributed by atoms with E-state index in [4.69, 9.17) is 46.7 Å². The van der Waals surface area contributed by atoms with Crippen molar-refractivity contribution in [2.75, 3.05) is 40.8 Å². The number of unbranched alkanes of at least 4 members (excludes halogenated alkanes) is 1. The number of rotatable bonds is 32. The average molecular weight is 992 g/mol. The molecule has 0 amide bonds. The fourth-order valence-corrected chi connectivity index (χ4v) is 15.6. The lowest BCUT2D eigenvalue weighted by Gasteiger charge is -2.45. The molecule has 7 atom stereocenters. The molecule has 0 bridgehead atoms. The van der Waals surface area contributed by atoms with Crippen molar-refractivity contribution in [2.45, 2.75) is 175 Å². The van der Waals surface area contributed by atoms with E-state index in [2.05, 4.69) is 131 Å². The zero-order valence-electron chi connectivity index (χ0n) is 44.9. The van der Waals surface area contributed by atoms with Gasteiger partial charge >= 0.3 is 0 Å². The van der Waals surface area contributed by atoms with Gasteiger partial charge in [-0.3, -0.25) is 0 Å². The van der Waals surface area contributed by atoms with Gasteiger partial charge in [-0.25, -0.2) is 0 Å². The summed E-state index contributed by atoms with van der Waals surface area (Å²) in [5.41, 5.74) is 5.69. The van der Waals surface area contributed by atoms with E-state index in [9.17, 15) is 0 Å². The number of methoxy groups -OCH3 is 2. The third kappa shape index (κ3) is 19.0. The Bertz CT molecular complexity index is 1880. The van der Waals surface area contributed by atoms with E-state index < -0.39 is 41.2 Å². The standard InChI is InChI=1S/C57H90O10Si2/c1-15-51(33-34-53-55(62-41-58-10)54(66-56(65-53)49-26-20-17-21-27-49)40-63-69(42(2)3,43(4)5)44(6)7)64-57(67-68(12,13)14)50(28-22-23-35-60-38-48-29-31-52(59-11)32-30-48)36-45(8)46(9)37-61-39-47-24-18-16-19-25-47/h16-21,24-27,29-34,42-46,51,53-56H,15,22-23,28,35-41H2,1-14H3/b34-33+,57-50-/t45-,46-,51+,53-,54+,55-,56-/m0/s1. The van der Waals surface area contributed by atoms with Gasteiger partial charge in [-0.2, -0.15) is 0 Å². The monoisotopic (exact) mass is 991 g/mol. The van der Waals surface area contributed by atoms with Gasteiger partial charge in [-0.1, -0.05) is 141 Å². The molecule has 1 aliphatic heterocycles. The van der Waals surface area contributed by atoms with Crippen LogP contribution in [0.5, 0.6) is 5.75 Å². The fraction of sp³-hybridized carbons (Fsp3) is 0.614. The van der Waals surface area contributed by atoms with Crippen molar-refractivity contribution >= 4 is 16.6 Å². The normalized spacial score (nSPS) is 19.8. The molecule has 0 spiro atoms. The Hall–Kier alpha value is -3.31. The molecule has 1 aliphatic rings. The third-order valence-electron chi connectivity index (χ3n) is 13.3. The Balaban J connectivity index is 1.63. The van der Waals surface area contributed by atoms with Crippen molar-refractivity contribution in [2.24, 2.45) is 11.8 Å². The average Bonchev–Trinajstić information content (AvgIpc) is 3.32. The number of hydrogen-bond donors (Lipinski definition) is 0. The summed E-state index contributed by atoms with van der Waals surface area (Å²) >= 11 is 0. The van der Waals surface area contributed by atoms with Gasteiger partial charge in [0.15, 0.2) is 14.6 Å². The SMILES string of the molecule is CC[C@H](/C=C/[C@@H]1O[C@H](c2ccccc2)O[C@H](CO[Si](C(C)C)(C(C)C)C(C)C)[C@H]1OCOC)O/C(O[Si](C)(C)C)=C(\CCCCOCc1ccc(OC)cc1)C[C@H](C)[C@@H](C)COCc1ccccc1. The molecule has 0 unspecified atom stereocenters. The molecule has 1 fully saturated rings. The molecule has 0 saturated carbocycles. The predicted molar refractivity (Wildman–Crippen MR) is 284 cm³/mol. The molecule has 4 rings (SSSR count). The first-order valence-electron chi connectivity index (χ1n) is 25.7. The Morgan fingerprint density at radius 2 is 1.35 bits per heavy atom. The van der Waals surface area contributed by atoms with Crippen LogP contribution in [0.3, 0.4) is 0 Å². The van der Waals surface area contributed by atoms with Crippen LogP contribution in [-0.2, 0) is 55.2 Å². The highest BCUT2D eigenvalue weighted by Gasteiger charge is 2.48. The summed E-state index contributed by atoms with van der Waals surface area (Å²) in [6.45, 7) is 30.2. The molecule has 1 saturated heterocycles. The highest BCUT2D eigenvalue weighted by Crippen LogP contribution is 2.43. The summed E-state index contributed by atoms with van der Waals surface area (Å²) in [5.74, 6) is 2.12. The van der Waals surface area contributed by atoms with Crippen LogP contribution in [0.15, 0.2) is 109 Å². The zero-order valence-corrected chi connectivity index (χ0v) is 46.9. The second-order valence-corrected chi connectivity index (χ2v) is 30.6. The van der Waals surface area contributed by atoms with Gasteiger partial charge in [0.25, 0.3) is 5.95 Å². The molecule has 0 N–H and O–H groups in total. The van der Waals surface area contributed by atoms with E-state index in [0.717, 1.165) is 42.6 Å². The molecular formula is C57H90O10Si2. The van der Waals surface area contributed by atoms with Crippen LogP contribution in [0, 0.1) is 11.8 Å². The maximum absolute atomic E-state index is 7.19. The van der Waals surface area contributed by atoms with E-state index in [1.807, 2.05) is 48.5 Å². The highest BCUT2D eigenvalue weighted by atomic mass is 28.4. The van der Waals surface area contributed by atoms with E-state index in [-0.39, 0.29) is 12.9 Å². The highest BCUT2D eigenvalue weighted by molar-refractivity contribution is 6.77.